The van der Waals surface area contributed by atoms with Gasteiger partial charge in [0.15, 0.2) is 0 Å². The number of rotatable bonds is 5. The molecule has 1 aromatic heterocycles. The summed E-state index contributed by atoms with van der Waals surface area (Å²) in [6, 6.07) is 10.0. The van der Waals surface area contributed by atoms with Gasteiger partial charge in [-0.05, 0) is 29.9 Å². The molecule has 0 saturated heterocycles. The average molecular weight is 300 g/mol. The molecule has 0 radical (unpaired) electrons. The minimum absolute atomic E-state index is 0.0564. The first-order valence-electron chi connectivity index (χ1n) is 7.72. The second-order valence-electron chi connectivity index (χ2n) is 6.35. The summed E-state index contributed by atoms with van der Waals surface area (Å²) in [5, 5.41) is 6.80. The Bertz CT molecular complexity index is 627. The van der Waals surface area contributed by atoms with Crippen molar-refractivity contribution in [1.29, 1.82) is 0 Å². The molecule has 0 aliphatic carbocycles. The van der Waals surface area contributed by atoms with Crippen LogP contribution in [-0.2, 0) is 0 Å². The third-order valence-electron chi connectivity index (χ3n) is 3.77. The fraction of sp³-hybridized carbons (Fsp3) is 0.444. The van der Waals surface area contributed by atoms with Gasteiger partial charge in [-0.3, -0.25) is 4.79 Å². The molecule has 2 rings (SSSR count). The molecule has 4 heteroatoms. The lowest BCUT2D eigenvalue weighted by Crippen LogP contribution is -2.31. The number of aromatic nitrogens is 1. The van der Waals surface area contributed by atoms with E-state index in [-0.39, 0.29) is 23.6 Å². The summed E-state index contributed by atoms with van der Waals surface area (Å²) in [6.45, 7) is 10.3. The highest BCUT2D eigenvalue weighted by Gasteiger charge is 2.21. The zero-order valence-electron chi connectivity index (χ0n) is 13.9. The molecular formula is C18H24N2O2. The highest BCUT2D eigenvalue weighted by atomic mass is 16.5. The first kappa shape index (κ1) is 16.3. The molecule has 0 aliphatic rings. The maximum atomic E-state index is 12.3. The van der Waals surface area contributed by atoms with E-state index in [9.17, 15) is 4.79 Å². The lowest BCUT2D eigenvalue weighted by molar-refractivity contribution is 0.0888. The van der Waals surface area contributed by atoms with Gasteiger partial charge in [0.05, 0.1) is 11.7 Å². The molecule has 1 N–H and O–H groups in total. The van der Waals surface area contributed by atoms with Crippen molar-refractivity contribution < 1.29 is 9.32 Å². The summed E-state index contributed by atoms with van der Waals surface area (Å²) in [5.41, 5.74) is 3.10. The Labute approximate surface area is 131 Å². The Morgan fingerprint density at radius 3 is 2.14 bits per heavy atom. The summed E-state index contributed by atoms with van der Waals surface area (Å²) < 4.78 is 5.03. The van der Waals surface area contributed by atoms with Gasteiger partial charge in [0.1, 0.15) is 0 Å². The Kier molecular flexibility index (Phi) is 5.01. The topological polar surface area (TPSA) is 55.1 Å². The zero-order chi connectivity index (χ0) is 16.3. The zero-order valence-corrected chi connectivity index (χ0v) is 13.9. The van der Waals surface area contributed by atoms with Crippen molar-refractivity contribution in [3.8, 4) is 0 Å². The molecule has 2 aromatic rings. The Balaban J connectivity index is 2.17. The van der Waals surface area contributed by atoms with Gasteiger partial charge in [-0.25, -0.2) is 0 Å². The summed E-state index contributed by atoms with van der Waals surface area (Å²) >= 11 is 0. The predicted molar refractivity (Wildman–Crippen MR) is 86.8 cm³/mol. The van der Waals surface area contributed by atoms with E-state index in [1.165, 1.54) is 5.56 Å². The third-order valence-corrected chi connectivity index (χ3v) is 3.77. The van der Waals surface area contributed by atoms with Crippen LogP contribution in [0.15, 0.2) is 34.9 Å². The van der Waals surface area contributed by atoms with Crippen molar-refractivity contribution >= 4 is 5.91 Å². The van der Waals surface area contributed by atoms with Gasteiger partial charge in [-0.2, -0.15) is 0 Å². The van der Waals surface area contributed by atoms with Crippen molar-refractivity contribution in [3.05, 3.63) is 52.9 Å². The molecule has 0 saturated carbocycles. The maximum absolute atomic E-state index is 12.3. The van der Waals surface area contributed by atoms with Gasteiger partial charge < -0.3 is 9.84 Å². The van der Waals surface area contributed by atoms with Crippen LogP contribution in [0.2, 0.25) is 0 Å². The lowest BCUT2D eigenvalue weighted by Gasteiger charge is -2.22. The number of nitrogens with zero attached hydrogens (tertiary/aromatic N) is 1. The third kappa shape index (κ3) is 3.75. The van der Waals surface area contributed by atoms with Crippen LogP contribution in [0.25, 0.3) is 0 Å². The standard InChI is InChI=1S/C18H24N2O2/c1-11(2)14-6-8-15(9-7-14)17(12(3)4)19-18(21)16-10-13(5)20-22-16/h6-12,17H,1-5H3,(H,19,21). The van der Waals surface area contributed by atoms with Crippen LogP contribution in [0.4, 0.5) is 0 Å². The largest absolute Gasteiger partial charge is 0.351 e. The van der Waals surface area contributed by atoms with Crippen LogP contribution < -0.4 is 5.32 Å². The molecule has 1 aromatic carbocycles. The van der Waals surface area contributed by atoms with E-state index in [0.717, 1.165) is 5.56 Å². The molecule has 1 atom stereocenters. The van der Waals surface area contributed by atoms with Crippen molar-refractivity contribution in [2.24, 2.45) is 5.92 Å². The van der Waals surface area contributed by atoms with Crippen LogP contribution >= 0.6 is 0 Å². The van der Waals surface area contributed by atoms with E-state index in [1.54, 1.807) is 13.0 Å². The number of amides is 1. The number of benzene rings is 1. The molecule has 0 spiro atoms. The second-order valence-corrected chi connectivity index (χ2v) is 6.35. The minimum atomic E-state index is -0.229. The fourth-order valence-corrected chi connectivity index (χ4v) is 2.41. The van der Waals surface area contributed by atoms with Crippen molar-refractivity contribution in [2.75, 3.05) is 0 Å². The summed E-state index contributed by atoms with van der Waals surface area (Å²) in [4.78, 5) is 12.3. The molecule has 0 bridgehead atoms. The summed E-state index contributed by atoms with van der Waals surface area (Å²) in [6.07, 6.45) is 0. The van der Waals surface area contributed by atoms with Crippen molar-refractivity contribution in [3.63, 3.8) is 0 Å². The molecule has 0 fully saturated rings. The van der Waals surface area contributed by atoms with Crippen molar-refractivity contribution in [1.82, 2.24) is 10.5 Å². The quantitative estimate of drug-likeness (QED) is 0.898. The van der Waals surface area contributed by atoms with Crippen LogP contribution in [0, 0.1) is 12.8 Å². The van der Waals surface area contributed by atoms with E-state index in [4.69, 9.17) is 4.52 Å². The second kappa shape index (κ2) is 6.77. The number of hydrogen-bond acceptors (Lipinski definition) is 3. The van der Waals surface area contributed by atoms with E-state index >= 15 is 0 Å². The summed E-state index contributed by atoms with van der Waals surface area (Å²) in [5.74, 6) is 0.797. The van der Waals surface area contributed by atoms with E-state index < -0.39 is 0 Å². The SMILES string of the molecule is Cc1cc(C(=O)NC(c2ccc(C(C)C)cc2)C(C)C)on1. The van der Waals surface area contributed by atoms with Crippen LogP contribution in [-0.4, -0.2) is 11.1 Å². The monoisotopic (exact) mass is 300 g/mol. The molecule has 1 amide bonds. The van der Waals surface area contributed by atoms with E-state index in [0.29, 0.717) is 11.6 Å². The number of nitrogens with one attached hydrogen (secondary N) is 1. The van der Waals surface area contributed by atoms with Crippen LogP contribution in [0.3, 0.4) is 0 Å². The lowest BCUT2D eigenvalue weighted by atomic mass is 9.93. The molecule has 0 aliphatic heterocycles. The number of aryl methyl sites for hydroxylation is 1. The maximum Gasteiger partial charge on any atom is 0.290 e. The highest BCUT2D eigenvalue weighted by molar-refractivity contribution is 5.91. The molecule has 4 nitrogen and oxygen atoms in total. The molecule has 118 valence electrons. The molecule has 1 unspecified atom stereocenters. The van der Waals surface area contributed by atoms with Gasteiger partial charge in [0.25, 0.3) is 5.91 Å². The predicted octanol–water partition coefficient (Wildman–Crippen LogP) is 4.23. The van der Waals surface area contributed by atoms with Crippen LogP contribution in [0.1, 0.15) is 67.0 Å². The van der Waals surface area contributed by atoms with Gasteiger partial charge in [-0.1, -0.05) is 57.1 Å². The first-order chi connectivity index (χ1) is 10.4. The van der Waals surface area contributed by atoms with E-state index in [2.05, 4.69) is 62.4 Å². The van der Waals surface area contributed by atoms with Gasteiger partial charge in [0.2, 0.25) is 5.76 Å². The van der Waals surface area contributed by atoms with Gasteiger partial charge in [-0.15, -0.1) is 0 Å². The molecule has 22 heavy (non-hydrogen) atoms. The van der Waals surface area contributed by atoms with Crippen LogP contribution in [0.5, 0.6) is 0 Å². The highest BCUT2D eigenvalue weighted by Crippen LogP contribution is 2.24. The Morgan fingerprint density at radius 2 is 1.68 bits per heavy atom. The molecule has 1 heterocycles. The van der Waals surface area contributed by atoms with E-state index in [1.807, 2.05) is 0 Å². The summed E-state index contributed by atoms with van der Waals surface area (Å²) in [7, 11) is 0. The van der Waals surface area contributed by atoms with Gasteiger partial charge in [0, 0.05) is 6.07 Å². The molecular weight excluding hydrogens is 276 g/mol. The smallest absolute Gasteiger partial charge is 0.290 e. The number of carbonyl (C=O) groups is 1. The fourth-order valence-electron chi connectivity index (χ4n) is 2.41. The Morgan fingerprint density at radius 1 is 1.09 bits per heavy atom. The normalized spacial score (nSPS) is 12.7. The average Bonchev–Trinajstić information content (AvgIpc) is 2.91. The number of carbonyl (C=O) groups excluding carboxylic acids is 1. The number of hydrogen-bond donors (Lipinski definition) is 1. The van der Waals surface area contributed by atoms with Gasteiger partial charge >= 0.3 is 0 Å². The Hall–Kier alpha value is -2.10. The first-order valence-corrected chi connectivity index (χ1v) is 7.72. The minimum Gasteiger partial charge on any atom is -0.351 e. The van der Waals surface area contributed by atoms with Crippen molar-refractivity contribution in [2.45, 2.75) is 46.6 Å².